The Morgan fingerprint density at radius 2 is 1.79 bits per heavy atom. The van der Waals surface area contributed by atoms with Crippen molar-refractivity contribution in [2.24, 2.45) is 12.5 Å². The lowest BCUT2D eigenvalue weighted by Crippen LogP contribution is -2.50. The van der Waals surface area contributed by atoms with Crippen LogP contribution in [0.25, 0.3) is 22.3 Å². The molecular weight excluding hydrogens is 524 g/mol. The predicted octanol–water partition coefficient (Wildman–Crippen LogP) is 5.74. The third-order valence-electron chi connectivity index (χ3n) is 9.88. The number of hydrogen-bond acceptors (Lipinski definition) is 7. The molecule has 5 heterocycles. The summed E-state index contributed by atoms with van der Waals surface area (Å²) in [6.07, 6.45) is 4.00. The van der Waals surface area contributed by atoms with E-state index in [9.17, 15) is 0 Å². The normalized spacial score (nSPS) is 23.1. The van der Waals surface area contributed by atoms with Crippen LogP contribution in [0.1, 0.15) is 56.9 Å². The van der Waals surface area contributed by atoms with E-state index >= 15 is 0 Å². The minimum Gasteiger partial charge on any atom is -0.381 e. The lowest BCUT2D eigenvalue weighted by molar-refractivity contribution is -0.145. The smallest absolute Gasteiger partial charge is 0.163 e. The molecule has 0 aliphatic carbocycles. The van der Waals surface area contributed by atoms with Gasteiger partial charge in [-0.15, -0.1) is 0 Å². The first-order chi connectivity index (χ1) is 20.1. The number of piperidine rings is 1. The fourth-order valence-electron chi connectivity index (χ4n) is 7.28. The van der Waals surface area contributed by atoms with Crippen molar-refractivity contribution in [2.75, 3.05) is 43.2 Å². The number of hydrogen-bond donors (Lipinski definition) is 0. The van der Waals surface area contributed by atoms with Crippen LogP contribution in [0, 0.1) is 5.41 Å². The third-order valence-corrected chi connectivity index (χ3v) is 9.88. The number of methoxy groups -OCH3 is 1. The summed E-state index contributed by atoms with van der Waals surface area (Å²) in [4.78, 5) is 15.6. The van der Waals surface area contributed by atoms with Gasteiger partial charge in [-0.05, 0) is 44.0 Å². The molecule has 8 nitrogen and oxygen atoms in total. The number of ether oxygens (including phenoxy) is 2. The van der Waals surface area contributed by atoms with Gasteiger partial charge in [-0.2, -0.15) is 5.10 Å². The summed E-state index contributed by atoms with van der Waals surface area (Å²) in [5.41, 5.74) is 7.02. The number of anilines is 2. The van der Waals surface area contributed by atoms with Gasteiger partial charge in [0.25, 0.3) is 0 Å². The summed E-state index contributed by atoms with van der Waals surface area (Å²) in [5.74, 6) is 2.30. The first-order valence-electron chi connectivity index (χ1n) is 15.2. The van der Waals surface area contributed by atoms with Crippen molar-refractivity contribution in [3.63, 3.8) is 0 Å². The minimum absolute atomic E-state index is 0.0102. The third kappa shape index (κ3) is 4.56. The molecule has 0 N–H and O–H groups in total. The Morgan fingerprint density at radius 3 is 2.48 bits per heavy atom. The number of fused-ring (bicyclic) bond motifs is 2. The van der Waals surface area contributed by atoms with Gasteiger partial charge in [0.05, 0.1) is 35.7 Å². The molecule has 2 atom stereocenters. The molecule has 220 valence electrons. The highest BCUT2D eigenvalue weighted by molar-refractivity contribution is 5.92. The second-order valence-electron chi connectivity index (χ2n) is 13.5. The van der Waals surface area contributed by atoms with Crippen LogP contribution >= 0.6 is 0 Å². The number of benzene rings is 2. The van der Waals surface area contributed by atoms with E-state index in [1.54, 1.807) is 0 Å². The van der Waals surface area contributed by atoms with Crippen LogP contribution in [0.15, 0.2) is 48.7 Å². The van der Waals surface area contributed by atoms with Gasteiger partial charge in [0.15, 0.2) is 5.82 Å². The Bertz CT molecular complexity index is 1630. The largest absolute Gasteiger partial charge is 0.381 e. The van der Waals surface area contributed by atoms with Crippen molar-refractivity contribution in [1.29, 1.82) is 0 Å². The predicted molar refractivity (Wildman–Crippen MR) is 167 cm³/mol. The Morgan fingerprint density at radius 1 is 0.976 bits per heavy atom. The molecule has 8 heteroatoms. The van der Waals surface area contributed by atoms with Gasteiger partial charge < -0.3 is 19.3 Å². The maximum absolute atomic E-state index is 5.89. The first-order valence-corrected chi connectivity index (χ1v) is 15.2. The van der Waals surface area contributed by atoms with E-state index in [0.29, 0.717) is 5.92 Å². The van der Waals surface area contributed by atoms with Gasteiger partial charge in [-0.25, -0.2) is 9.97 Å². The molecule has 0 spiro atoms. The average molecular weight is 567 g/mol. The molecule has 7 rings (SSSR count). The number of nitrogens with zero attached hydrogens (tertiary/aromatic N) is 6. The van der Waals surface area contributed by atoms with Crippen LogP contribution < -0.4 is 9.80 Å². The van der Waals surface area contributed by atoms with Gasteiger partial charge in [0.2, 0.25) is 0 Å². The van der Waals surface area contributed by atoms with Gasteiger partial charge in [0.1, 0.15) is 5.82 Å². The maximum Gasteiger partial charge on any atom is 0.163 e. The molecule has 2 unspecified atom stereocenters. The number of aryl methyl sites for hydroxylation is 1. The van der Waals surface area contributed by atoms with E-state index in [0.717, 1.165) is 79.4 Å². The van der Waals surface area contributed by atoms with E-state index in [1.807, 2.05) is 25.0 Å². The number of rotatable bonds is 5. The van der Waals surface area contributed by atoms with Crippen LogP contribution in [-0.4, -0.2) is 64.8 Å². The molecule has 42 heavy (non-hydrogen) atoms. The lowest BCUT2D eigenvalue weighted by atomic mass is 9.80. The van der Waals surface area contributed by atoms with E-state index in [2.05, 4.69) is 85.1 Å². The van der Waals surface area contributed by atoms with Crippen molar-refractivity contribution in [3.05, 3.63) is 65.5 Å². The molecule has 3 aliphatic heterocycles. The quantitative estimate of drug-likeness (QED) is 0.305. The SMILES string of the molecule is COC1CCN(c2nc(-c3cccc4cnn(C)c34)nc3c2CN(c2ccc(C4COC4(C)C)cc2)CC3)CC1(C)C. The fraction of sp³-hybridized carbons (Fsp3) is 0.500. The summed E-state index contributed by atoms with van der Waals surface area (Å²) < 4.78 is 13.6. The van der Waals surface area contributed by atoms with Gasteiger partial charge in [0, 0.05) is 80.3 Å². The Hall–Kier alpha value is -3.49. The van der Waals surface area contributed by atoms with Crippen molar-refractivity contribution in [1.82, 2.24) is 19.7 Å². The van der Waals surface area contributed by atoms with Crippen molar-refractivity contribution >= 4 is 22.4 Å². The van der Waals surface area contributed by atoms with Crippen LogP contribution in [0.2, 0.25) is 0 Å². The summed E-state index contributed by atoms with van der Waals surface area (Å²) in [5, 5.41) is 5.62. The molecule has 2 aromatic carbocycles. The second-order valence-corrected chi connectivity index (χ2v) is 13.5. The lowest BCUT2D eigenvalue weighted by Gasteiger charge is -2.45. The van der Waals surface area contributed by atoms with Crippen LogP contribution in [0.3, 0.4) is 0 Å². The van der Waals surface area contributed by atoms with E-state index in [4.69, 9.17) is 19.4 Å². The minimum atomic E-state index is -0.0840. The van der Waals surface area contributed by atoms with Crippen molar-refractivity contribution < 1.29 is 9.47 Å². The zero-order chi connectivity index (χ0) is 29.2. The Kier molecular flexibility index (Phi) is 6.55. The van der Waals surface area contributed by atoms with Crippen LogP contribution in [0.5, 0.6) is 0 Å². The van der Waals surface area contributed by atoms with E-state index < -0.39 is 0 Å². The highest BCUT2D eigenvalue weighted by atomic mass is 16.5. The molecule has 0 amide bonds. The molecule has 4 aromatic rings. The molecule has 2 saturated heterocycles. The molecule has 0 saturated carbocycles. The molecule has 0 bridgehead atoms. The zero-order valence-electron chi connectivity index (χ0n) is 25.7. The standard InChI is InChI=1S/C34H42N6O2/c1-33(2)21-40(17-15-29(33)41-6)32-26-19-39(24-12-10-22(11-13-24)27-20-42-34(27,3)4)16-14-28(26)36-31(37-32)25-9-7-8-23-18-35-38(5)30(23)25/h7-13,18,27,29H,14-17,19-21H2,1-6H3. The fourth-order valence-corrected chi connectivity index (χ4v) is 7.28. The molecule has 3 aliphatic rings. The average Bonchev–Trinajstić information content (AvgIpc) is 3.36. The molecule has 2 aromatic heterocycles. The molecule has 2 fully saturated rings. The summed E-state index contributed by atoms with van der Waals surface area (Å²) in [6.45, 7) is 13.3. The summed E-state index contributed by atoms with van der Waals surface area (Å²) >= 11 is 0. The van der Waals surface area contributed by atoms with Crippen molar-refractivity contribution in [2.45, 2.75) is 64.7 Å². The number of para-hydroxylation sites is 1. The highest BCUT2D eigenvalue weighted by Crippen LogP contribution is 2.42. The van der Waals surface area contributed by atoms with Crippen molar-refractivity contribution in [3.8, 4) is 11.4 Å². The Labute approximate surface area is 248 Å². The van der Waals surface area contributed by atoms with Gasteiger partial charge in [-0.1, -0.05) is 38.1 Å². The number of aromatic nitrogens is 4. The maximum atomic E-state index is 5.89. The van der Waals surface area contributed by atoms with E-state index in [1.165, 1.54) is 16.8 Å². The zero-order valence-corrected chi connectivity index (χ0v) is 25.7. The van der Waals surface area contributed by atoms with E-state index in [-0.39, 0.29) is 17.1 Å². The Balaban J connectivity index is 1.27. The molecule has 0 radical (unpaired) electrons. The van der Waals surface area contributed by atoms with Gasteiger partial charge >= 0.3 is 0 Å². The topological polar surface area (TPSA) is 68.5 Å². The highest BCUT2D eigenvalue weighted by Gasteiger charge is 2.41. The van der Waals surface area contributed by atoms with Crippen LogP contribution in [0.4, 0.5) is 11.5 Å². The second kappa shape index (κ2) is 10.1. The van der Waals surface area contributed by atoms with Gasteiger partial charge in [-0.3, -0.25) is 4.68 Å². The first kappa shape index (κ1) is 27.3. The summed E-state index contributed by atoms with van der Waals surface area (Å²) in [7, 11) is 3.83. The monoisotopic (exact) mass is 566 g/mol. The molecular formula is C34H42N6O2. The summed E-state index contributed by atoms with van der Waals surface area (Å²) in [6, 6.07) is 15.4. The van der Waals surface area contributed by atoms with Crippen LogP contribution in [-0.2, 0) is 29.5 Å².